The zero-order valence-corrected chi connectivity index (χ0v) is 12.4. The molecule has 2 rings (SSSR count). The maximum Gasteiger partial charge on any atom is 0.254 e. The number of pyridine rings is 1. The predicted octanol–water partition coefficient (Wildman–Crippen LogP) is 1.91. The van der Waals surface area contributed by atoms with Crippen molar-refractivity contribution in [2.24, 2.45) is 0 Å². The maximum atomic E-state index is 12.2. The summed E-state index contributed by atoms with van der Waals surface area (Å²) < 4.78 is 0. The number of anilines is 1. The molecule has 0 fully saturated rings. The van der Waals surface area contributed by atoms with E-state index in [1.807, 2.05) is 13.0 Å². The number of H-pyrrole nitrogens is 1. The van der Waals surface area contributed by atoms with Gasteiger partial charge in [-0.3, -0.25) is 9.78 Å². The van der Waals surface area contributed by atoms with Crippen LogP contribution in [0.25, 0.3) is 0 Å². The van der Waals surface area contributed by atoms with Crippen LogP contribution in [0.4, 0.5) is 5.69 Å². The van der Waals surface area contributed by atoms with Gasteiger partial charge in [0, 0.05) is 43.8 Å². The molecular formula is C15H21N5O. The Labute approximate surface area is 124 Å². The Morgan fingerprint density at radius 1 is 1.33 bits per heavy atom. The molecule has 2 aromatic heterocycles. The standard InChI is InChI=1S/C15H21N5O/c1-3-5-16-13-9-11(2)20-10-12(13)15(21)19-6-4-14-17-7-8-18-14/h7-10H,3-6H2,1-2H3,(H,16,20)(H,17,18)(H,19,21). The third-order valence-corrected chi connectivity index (χ3v) is 3.05. The van der Waals surface area contributed by atoms with Crippen molar-refractivity contribution in [3.8, 4) is 0 Å². The number of nitrogens with one attached hydrogen (secondary N) is 3. The van der Waals surface area contributed by atoms with Crippen molar-refractivity contribution >= 4 is 11.6 Å². The van der Waals surface area contributed by atoms with E-state index in [4.69, 9.17) is 0 Å². The van der Waals surface area contributed by atoms with Gasteiger partial charge in [0.1, 0.15) is 5.82 Å². The van der Waals surface area contributed by atoms with E-state index in [1.165, 1.54) is 0 Å². The van der Waals surface area contributed by atoms with Gasteiger partial charge in [-0.2, -0.15) is 0 Å². The minimum atomic E-state index is -0.118. The van der Waals surface area contributed by atoms with Gasteiger partial charge in [-0.1, -0.05) is 6.92 Å². The summed E-state index contributed by atoms with van der Waals surface area (Å²) in [4.78, 5) is 23.6. The fourth-order valence-corrected chi connectivity index (χ4v) is 1.97. The third kappa shape index (κ3) is 4.30. The fourth-order valence-electron chi connectivity index (χ4n) is 1.97. The molecule has 0 saturated carbocycles. The van der Waals surface area contributed by atoms with Crippen LogP contribution in [0.3, 0.4) is 0 Å². The van der Waals surface area contributed by atoms with Gasteiger partial charge >= 0.3 is 0 Å². The highest BCUT2D eigenvalue weighted by molar-refractivity contribution is 5.99. The highest BCUT2D eigenvalue weighted by atomic mass is 16.1. The lowest BCUT2D eigenvalue weighted by molar-refractivity contribution is 0.0954. The summed E-state index contributed by atoms with van der Waals surface area (Å²) in [6, 6.07) is 1.90. The molecule has 3 N–H and O–H groups in total. The predicted molar refractivity (Wildman–Crippen MR) is 82.4 cm³/mol. The first kappa shape index (κ1) is 15.0. The lowest BCUT2D eigenvalue weighted by atomic mass is 10.2. The molecule has 6 nitrogen and oxygen atoms in total. The second-order valence-corrected chi connectivity index (χ2v) is 4.84. The van der Waals surface area contributed by atoms with Crippen LogP contribution in [-0.4, -0.2) is 33.9 Å². The average molecular weight is 287 g/mol. The summed E-state index contributed by atoms with van der Waals surface area (Å²) in [5.41, 5.74) is 2.30. The van der Waals surface area contributed by atoms with E-state index in [0.717, 1.165) is 30.2 Å². The van der Waals surface area contributed by atoms with Crippen molar-refractivity contribution in [3.63, 3.8) is 0 Å². The number of carbonyl (C=O) groups excluding carboxylic acids is 1. The summed E-state index contributed by atoms with van der Waals surface area (Å²) in [5, 5.41) is 6.16. The fraction of sp³-hybridized carbons (Fsp3) is 0.400. The second-order valence-electron chi connectivity index (χ2n) is 4.84. The number of hydrogen-bond donors (Lipinski definition) is 3. The molecule has 0 unspecified atom stereocenters. The molecule has 0 aromatic carbocycles. The third-order valence-electron chi connectivity index (χ3n) is 3.05. The molecule has 0 bridgehead atoms. The first-order valence-corrected chi connectivity index (χ1v) is 7.17. The zero-order valence-electron chi connectivity index (χ0n) is 12.4. The summed E-state index contributed by atoms with van der Waals surface area (Å²) >= 11 is 0. The Kier molecular flexibility index (Phi) is 5.31. The number of amides is 1. The molecule has 0 atom stereocenters. The topological polar surface area (TPSA) is 82.7 Å². The molecule has 0 radical (unpaired) electrons. The summed E-state index contributed by atoms with van der Waals surface area (Å²) in [6.45, 7) is 5.36. The van der Waals surface area contributed by atoms with E-state index >= 15 is 0 Å². The Hall–Kier alpha value is -2.37. The Balaban J connectivity index is 1.97. The molecule has 0 aliphatic rings. The molecule has 21 heavy (non-hydrogen) atoms. The Morgan fingerprint density at radius 2 is 2.19 bits per heavy atom. The number of aromatic nitrogens is 3. The van der Waals surface area contributed by atoms with Crippen molar-refractivity contribution in [3.05, 3.63) is 41.7 Å². The minimum absolute atomic E-state index is 0.118. The number of aromatic amines is 1. The van der Waals surface area contributed by atoms with Crippen LogP contribution in [0, 0.1) is 6.92 Å². The first-order chi connectivity index (χ1) is 10.2. The molecule has 6 heteroatoms. The van der Waals surface area contributed by atoms with Gasteiger partial charge in [-0.15, -0.1) is 0 Å². The van der Waals surface area contributed by atoms with Gasteiger partial charge in [0.05, 0.1) is 11.3 Å². The van der Waals surface area contributed by atoms with Crippen LogP contribution in [-0.2, 0) is 6.42 Å². The molecular weight excluding hydrogens is 266 g/mol. The molecule has 0 spiro atoms. The van der Waals surface area contributed by atoms with Crippen molar-refractivity contribution in [1.29, 1.82) is 0 Å². The van der Waals surface area contributed by atoms with E-state index in [9.17, 15) is 4.79 Å². The number of carbonyl (C=O) groups is 1. The van der Waals surface area contributed by atoms with Crippen molar-refractivity contribution in [2.45, 2.75) is 26.7 Å². The number of rotatable bonds is 7. The van der Waals surface area contributed by atoms with E-state index in [0.29, 0.717) is 18.5 Å². The summed E-state index contributed by atoms with van der Waals surface area (Å²) in [6.07, 6.45) is 6.77. The Morgan fingerprint density at radius 3 is 2.90 bits per heavy atom. The Bertz CT molecular complexity index is 580. The average Bonchev–Trinajstić information content (AvgIpc) is 2.98. The molecule has 2 aromatic rings. The monoisotopic (exact) mass is 287 g/mol. The zero-order chi connectivity index (χ0) is 15.1. The van der Waals surface area contributed by atoms with Crippen molar-refractivity contribution in [2.75, 3.05) is 18.4 Å². The maximum absolute atomic E-state index is 12.2. The number of imidazole rings is 1. The molecule has 1 amide bonds. The smallest absolute Gasteiger partial charge is 0.254 e. The summed E-state index contributed by atoms with van der Waals surface area (Å²) in [5.74, 6) is 0.745. The second kappa shape index (κ2) is 7.42. The van der Waals surface area contributed by atoms with Crippen LogP contribution in [0.2, 0.25) is 0 Å². The van der Waals surface area contributed by atoms with Crippen LogP contribution < -0.4 is 10.6 Å². The SMILES string of the molecule is CCCNc1cc(C)ncc1C(=O)NCCc1ncc[nH]1. The quantitative estimate of drug-likeness (QED) is 0.726. The molecule has 0 aliphatic heterocycles. The van der Waals surface area contributed by atoms with E-state index in [1.54, 1.807) is 18.6 Å². The molecule has 2 heterocycles. The lowest BCUT2D eigenvalue weighted by Gasteiger charge is -2.12. The van der Waals surface area contributed by atoms with Crippen molar-refractivity contribution in [1.82, 2.24) is 20.3 Å². The van der Waals surface area contributed by atoms with Gasteiger partial charge in [0.15, 0.2) is 0 Å². The highest BCUT2D eigenvalue weighted by Gasteiger charge is 2.12. The molecule has 112 valence electrons. The number of nitrogens with zero attached hydrogens (tertiary/aromatic N) is 2. The van der Waals surface area contributed by atoms with Gasteiger partial charge < -0.3 is 15.6 Å². The molecule has 0 saturated heterocycles. The van der Waals surface area contributed by atoms with Crippen LogP contribution in [0.5, 0.6) is 0 Å². The van der Waals surface area contributed by atoms with E-state index in [2.05, 4.69) is 32.5 Å². The van der Waals surface area contributed by atoms with Gasteiger partial charge in [-0.05, 0) is 19.4 Å². The van der Waals surface area contributed by atoms with Crippen LogP contribution >= 0.6 is 0 Å². The highest BCUT2D eigenvalue weighted by Crippen LogP contribution is 2.15. The van der Waals surface area contributed by atoms with Crippen LogP contribution in [0.1, 0.15) is 35.2 Å². The minimum Gasteiger partial charge on any atom is -0.384 e. The summed E-state index contributed by atoms with van der Waals surface area (Å²) in [7, 11) is 0. The first-order valence-electron chi connectivity index (χ1n) is 7.17. The number of aryl methyl sites for hydroxylation is 1. The van der Waals surface area contributed by atoms with Gasteiger partial charge in [-0.25, -0.2) is 4.98 Å². The lowest BCUT2D eigenvalue weighted by Crippen LogP contribution is -2.27. The van der Waals surface area contributed by atoms with E-state index < -0.39 is 0 Å². The van der Waals surface area contributed by atoms with Gasteiger partial charge in [0.2, 0.25) is 0 Å². The largest absolute Gasteiger partial charge is 0.384 e. The number of hydrogen-bond acceptors (Lipinski definition) is 4. The normalized spacial score (nSPS) is 10.4. The van der Waals surface area contributed by atoms with Crippen molar-refractivity contribution < 1.29 is 4.79 Å². The van der Waals surface area contributed by atoms with Crippen LogP contribution in [0.15, 0.2) is 24.7 Å². The molecule has 0 aliphatic carbocycles. The van der Waals surface area contributed by atoms with Gasteiger partial charge in [0.25, 0.3) is 5.91 Å². The van der Waals surface area contributed by atoms with E-state index in [-0.39, 0.29) is 5.91 Å².